The summed E-state index contributed by atoms with van der Waals surface area (Å²) in [6.07, 6.45) is 2.36. The van der Waals surface area contributed by atoms with E-state index in [1.54, 1.807) is 0 Å². The Hall–Kier alpha value is -2.30. The maximum absolute atomic E-state index is 12.8. The molecule has 0 bridgehead atoms. The van der Waals surface area contributed by atoms with Gasteiger partial charge in [0.25, 0.3) is 0 Å². The van der Waals surface area contributed by atoms with Crippen LogP contribution in [0.4, 0.5) is 0 Å². The van der Waals surface area contributed by atoms with Crippen molar-refractivity contribution in [3.05, 3.63) is 36.1 Å². The minimum atomic E-state index is -0.689. The Kier molecular flexibility index (Phi) is 3.41. The van der Waals surface area contributed by atoms with Gasteiger partial charge in [0.05, 0.1) is 11.8 Å². The number of benzene rings is 1. The molecule has 0 radical (unpaired) electrons. The normalized spacial score (nSPS) is 23.4. The number of para-hydroxylation sites is 1. The second kappa shape index (κ2) is 5.36. The van der Waals surface area contributed by atoms with Gasteiger partial charge in [-0.15, -0.1) is 0 Å². The molecule has 1 aliphatic heterocycles. The first-order valence-electron chi connectivity index (χ1n) is 8.50. The summed E-state index contributed by atoms with van der Waals surface area (Å²) in [5, 5.41) is 10.2. The Balaban J connectivity index is 1.43. The lowest BCUT2D eigenvalue weighted by Gasteiger charge is -2.33. The van der Waals surface area contributed by atoms with Gasteiger partial charge in [0.2, 0.25) is 5.91 Å². The fraction of sp³-hybridized carbons (Fsp3) is 0.474. The average Bonchev–Trinajstić information content (AvgIpc) is 3.12. The van der Waals surface area contributed by atoms with E-state index in [2.05, 4.69) is 0 Å². The maximum atomic E-state index is 12.8. The molecule has 1 aromatic carbocycles. The molecule has 2 unspecified atom stereocenters. The predicted molar refractivity (Wildman–Crippen MR) is 88.6 cm³/mol. The molecule has 2 fully saturated rings. The number of aliphatic carboxylic acids is 1. The summed E-state index contributed by atoms with van der Waals surface area (Å²) >= 11 is 0. The molecule has 1 amide bonds. The van der Waals surface area contributed by atoms with Crippen molar-refractivity contribution in [1.82, 2.24) is 4.90 Å². The van der Waals surface area contributed by atoms with E-state index >= 15 is 0 Å². The van der Waals surface area contributed by atoms with Crippen LogP contribution in [0.1, 0.15) is 37.9 Å². The second-order valence-corrected chi connectivity index (χ2v) is 7.19. The van der Waals surface area contributed by atoms with E-state index < -0.39 is 5.97 Å². The van der Waals surface area contributed by atoms with E-state index in [0.717, 1.165) is 30.2 Å². The van der Waals surface area contributed by atoms with Crippen molar-refractivity contribution < 1.29 is 19.1 Å². The number of rotatable bonds is 3. The molecule has 2 aliphatic rings. The lowest BCUT2D eigenvalue weighted by Crippen LogP contribution is -2.41. The van der Waals surface area contributed by atoms with Crippen molar-refractivity contribution >= 4 is 22.8 Å². The number of nitrogens with zero attached hydrogens (tertiary/aromatic N) is 1. The van der Waals surface area contributed by atoms with Gasteiger partial charge in [-0.05, 0) is 43.7 Å². The number of hydrogen-bond acceptors (Lipinski definition) is 3. The minimum Gasteiger partial charge on any atom is -0.481 e. The molecule has 1 saturated carbocycles. The van der Waals surface area contributed by atoms with Gasteiger partial charge in [-0.3, -0.25) is 9.59 Å². The first kappa shape index (κ1) is 15.2. The number of carbonyl (C=O) groups is 2. The van der Waals surface area contributed by atoms with Crippen LogP contribution in [0.25, 0.3) is 11.0 Å². The van der Waals surface area contributed by atoms with Crippen LogP contribution in [-0.4, -0.2) is 35.0 Å². The van der Waals surface area contributed by atoms with Crippen LogP contribution in [0.5, 0.6) is 0 Å². The number of carbonyl (C=O) groups excluding carboxylic acids is 1. The molecule has 24 heavy (non-hydrogen) atoms. The maximum Gasteiger partial charge on any atom is 0.307 e. The summed E-state index contributed by atoms with van der Waals surface area (Å²) in [5.41, 5.74) is 0.748. The number of carboxylic acids is 1. The van der Waals surface area contributed by atoms with Crippen molar-refractivity contribution in [2.45, 2.75) is 32.1 Å². The summed E-state index contributed by atoms with van der Waals surface area (Å²) in [5.74, 6) is -0.457. The first-order valence-corrected chi connectivity index (χ1v) is 8.50. The van der Waals surface area contributed by atoms with Crippen molar-refractivity contribution in [2.75, 3.05) is 13.1 Å². The van der Waals surface area contributed by atoms with Crippen LogP contribution < -0.4 is 0 Å². The molecule has 5 nitrogen and oxygen atoms in total. The summed E-state index contributed by atoms with van der Waals surface area (Å²) in [4.78, 5) is 25.8. The van der Waals surface area contributed by atoms with E-state index in [1.165, 1.54) is 0 Å². The number of fused-ring (bicyclic) bond motifs is 1. The molecular weight excluding hydrogens is 306 g/mol. The molecule has 2 aromatic rings. The zero-order valence-electron chi connectivity index (χ0n) is 13.7. The summed E-state index contributed by atoms with van der Waals surface area (Å²) in [6.45, 7) is 3.17. The number of carboxylic acid groups (broad SMARTS) is 1. The van der Waals surface area contributed by atoms with Gasteiger partial charge in [-0.25, -0.2) is 0 Å². The molecule has 2 atom stereocenters. The van der Waals surface area contributed by atoms with Crippen molar-refractivity contribution in [3.8, 4) is 0 Å². The third-order valence-corrected chi connectivity index (χ3v) is 5.80. The van der Waals surface area contributed by atoms with E-state index in [-0.39, 0.29) is 23.2 Å². The molecule has 126 valence electrons. The van der Waals surface area contributed by atoms with E-state index in [4.69, 9.17) is 9.52 Å². The van der Waals surface area contributed by atoms with Crippen LogP contribution in [0.3, 0.4) is 0 Å². The lowest BCUT2D eigenvalue weighted by atomic mass is 9.90. The Morgan fingerprint density at radius 1 is 1.29 bits per heavy atom. The largest absolute Gasteiger partial charge is 0.481 e. The van der Waals surface area contributed by atoms with Crippen LogP contribution in [0.2, 0.25) is 0 Å². The number of likely N-dealkylation sites (tertiary alicyclic amines) is 1. The highest BCUT2D eigenvalue weighted by Crippen LogP contribution is 2.59. The zero-order chi connectivity index (χ0) is 16.9. The van der Waals surface area contributed by atoms with Crippen LogP contribution in [0.15, 0.2) is 34.7 Å². The van der Waals surface area contributed by atoms with Gasteiger partial charge in [0.1, 0.15) is 11.3 Å². The van der Waals surface area contributed by atoms with E-state index in [0.29, 0.717) is 18.8 Å². The third-order valence-electron chi connectivity index (χ3n) is 5.80. The highest BCUT2D eigenvalue weighted by molar-refractivity contribution is 5.85. The quantitative estimate of drug-likeness (QED) is 0.939. The van der Waals surface area contributed by atoms with Gasteiger partial charge in [-0.2, -0.15) is 0 Å². The summed E-state index contributed by atoms with van der Waals surface area (Å²) < 4.78 is 5.82. The third kappa shape index (κ3) is 2.39. The fourth-order valence-electron chi connectivity index (χ4n) is 4.03. The molecule has 1 N–H and O–H groups in total. The molecular formula is C19H21NO4. The number of furan rings is 1. The Morgan fingerprint density at radius 2 is 2.00 bits per heavy atom. The van der Waals surface area contributed by atoms with Gasteiger partial charge >= 0.3 is 5.97 Å². The first-order chi connectivity index (χ1) is 11.5. The van der Waals surface area contributed by atoms with Gasteiger partial charge in [0.15, 0.2) is 0 Å². The highest BCUT2D eigenvalue weighted by atomic mass is 16.4. The average molecular weight is 327 g/mol. The Labute approximate surface area is 140 Å². The molecule has 5 heteroatoms. The standard InChI is InChI=1S/C19H21NO4/c1-12(16-10-13-4-2-3-5-15(13)24-16)17(21)20-8-6-19(7-9-20)11-14(19)18(22)23/h2-5,10,12,14H,6-9,11H2,1H3,(H,22,23). The fourth-order valence-corrected chi connectivity index (χ4v) is 4.03. The van der Waals surface area contributed by atoms with Gasteiger partial charge < -0.3 is 14.4 Å². The Morgan fingerprint density at radius 3 is 2.62 bits per heavy atom. The van der Waals surface area contributed by atoms with Crippen LogP contribution in [0, 0.1) is 11.3 Å². The smallest absolute Gasteiger partial charge is 0.307 e. The van der Waals surface area contributed by atoms with Gasteiger partial charge in [-0.1, -0.05) is 18.2 Å². The zero-order valence-corrected chi connectivity index (χ0v) is 13.7. The lowest BCUT2D eigenvalue weighted by molar-refractivity contribution is -0.140. The molecule has 2 heterocycles. The van der Waals surface area contributed by atoms with Crippen molar-refractivity contribution in [2.24, 2.45) is 11.3 Å². The highest BCUT2D eigenvalue weighted by Gasteiger charge is 2.59. The predicted octanol–water partition coefficient (Wildman–Crippen LogP) is 3.25. The van der Waals surface area contributed by atoms with Crippen molar-refractivity contribution in [1.29, 1.82) is 0 Å². The molecule has 1 saturated heterocycles. The van der Waals surface area contributed by atoms with Gasteiger partial charge in [0, 0.05) is 18.5 Å². The van der Waals surface area contributed by atoms with Crippen LogP contribution >= 0.6 is 0 Å². The molecule has 1 spiro atoms. The van der Waals surface area contributed by atoms with E-state index in [9.17, 15) is 9.59 Å². The Bertz CT molecular complexity index is 768. The summed E-state index contributed by atoms with van der Waals surface area (Å²) in [7, 11) is 0. The monoisotopic (exact) mass is 327 g/mol. The van der Waals surface area contributed by atoms with Crippen LogP contribution in [-0.2, 0) is 9.59 Å². The SMILES string of the molecule is CC(C(=O)N1CCC2(CC1)CC2C(=O)O)c1cc2ccccc2o1. The summed E-state index contributed by atoms with van der Waals surface area (Å²) in [6, 6.07) is 9.68. The number of hydrogen-bond donors (Lipinski definition) is 1. The number of piperidine rings is 1. The number of amides is 1. The minimum absolute atomic E-state index is 0.0504. The topological polar surface area (TPSA) is 70.8 Å². The van der Waals surface area contributed by atoms with E-state index in [1.807, 2.05) is 42.2 Å². The second-order valence-electron chi connectivity index (χ2n) is 7.19. The molecule has 1 aromatic heterocycles. The molecule has 4 rings (SSSR count). The molecule has 1 aliphatic carbocycles. The van der Waals surface area contributed by atoms with Crippen molar-refractivity contribution in [3.63, 3.8) is 0 Å².